The van der Waals surface area contributed by atoms with Crippen molar-refractivity contribution in [2.24, 2.45) is 0 Å². The standard InChI is InChI=1S/C29H29NO5/c1-29(2,3)19-12-14-20(15-13-19)30-25(18-10-16-21(34-4)17-11-18)24(27(32)28(30)33)26(31)22-8-6-7-9-23(22)35-5/h6-17,25,31H,1-5H3/b26-24+. The second-order valence-corrected chi connectivity index (χ2v) is 9.44. The van der Waals surface area contributed by atoms with Crippen LogP contribution >= 0.6 is 0 Å². The number of anilines is 1. The van der Waals surface area contributed by atoms with E-state index in [0.29, 0.717) is 28.3 Å². The summed E-state index contributed by atoms with van der Waals surface area (Å²) in [6, 6.07) is 20.7. The summed E-state index contributed by atoms with van der Waals surface area (Å²) < 4.78 is 10.7. The van der Waals surface area contributed by atoms with Gasteiger partial charge in [0.25, 0.3) is 11.7 Å². The molecule has 1 unspecified atom stereocenters. The number of aliphatic hydroxyl groups excluding tert-OH is 1. The molecule has 3 aromatic rings. The first-order chi connectivity index (χ1) is 16.7. The van der Waals surface area contributed by atoms with E-state index < -0.39 is 17.7 Å². The van der Waals surface area contributed by atoms with Crippen molar-refractivity contribution in [3.05, 3.63) is 95.1 Å². The van der Waals surface area contributed by atoms with Crippen molar-refractivity contribution < 1.29 is 24.2 Å². The molecule has 0 radical (unpaired) electrons. The smallest absolute Gasteiger partial charge is 0.300 e. The van der Waals surface area contributed by atoms with Crippen LogP contribution in [-0.4, -0.2) is 31.0 Å². The lowest BCUT2D eigenvalue weighted by Crippen LogP contribution is -2.29. The number of carbonyl (C=O) groups excluding carboxylic acids is 2. The van der Waals surface area contributed by atoms with E-state index in [-0.39, 0.29) is 16.7 Å². The molecule has 0 aliphatic carbocycles. The lowest BCUT2D eigenvalue weighted by atomic mass is 9.87. The van der Waals surface area contributed by atoms with E-state index in [4.69, 9.17) is 9.47 Å². The van der Waals surface area contributed by atoms with Crippen molar-refractivity contribution in [3.8, 4) is 11.5 Å². The Morgan fingerprint density at radius 1 is 0.857 bits per heavy atom. The number of carbonyl (C=O) groups is 2. The molecule has 1 amide bonds. The van der Waals surface area contributed by atoms with Crippen LogP contribution in [-0.2, 0) is 15.0 Å². The van der Waals surface area contributed by atoms with Crippen LogP contribution in [0, 0.1) is 0 Å². The number of nitrogens with zero attached hydrogens (tertiary/aromatic N) is 1. The van der Waals surface area contributed by atoms with Crippen LogP contribution in [0.2, 0.25) is 0 Å². The van der Waals surface area contributed by atoms with E-state index in [2.05, 4.69) is 20.8 Å². The number of Topliss-reactive ketones (excluding diaryl/α,β-unsaturated/α-hetero) is 1. The largest absolute Gasteiger partial charge is 0.507 e. The zero-order chi connectivity index (χ0) is 25.3. The number of rotatable bonds is 5. The van der Waals surface area contributed by atoms with Crippen LogP contribution in [0.3, 0.4) is 0 Å². The quantitative estimate of drug-likeness (QED) is 0.297. The molecule has 0 spiro atoms. The topological polar surface area (TPSA) is 76.1 Å². The molecule has 0 saturated carbocycles. The molecule has 4 rings (SSSR count). The Morgan fingerprint density at radius 3 is 2.06 bits per heavy atom. The van der Waals surface area contributed by atoms with E-state index in [1.165, 1.54) is 12.0 Å². The van der Waals surface area contributed by atoms with Gasteiger partial charge in [0.15, 0.2) is 0 Å². The maximum Gasteiger partial charge on any atom is 0.300 e. The summed E-state index contributed by atoms with van der Waals surface area (Å²) in [7, 11) is 3.06. The minimum Gasteiger partial charge on any atom is -0.507 e. The third-order valence-corrected chi connectivity index (χ3v) is 6.25. The highest BCUT2D eigenvalue weighted by Gasteiger charge is 2.47. The molecular weight excluding hydrogens is 442 g/mol. The van der Waals surface area contributed by atoms with Gasteiger partial charge in [0.2, 0.25) is 0 Å². The molecule has 0 aromatic heterocycles. The lowest BCUT2D eigenvalue weighted by Gasteiger charge is -2.27. The summed E-state index contributed by atoms with van der Waals surface area (Å²) in [6.45, 7) is 6.33. The first kappa shape index (κ1) is 24.1. The van der Waals surface area contributed by atoms with Gasteiger partial charge in [0, 0.05) is 5.69 Å². The molecule has 35 heavy (non-hydrogen) atoms. The number of hydrogen-bond acceptors (Lipinski definition) is 5. The fourth-order valence-electron chi connectivity index (χ4n) is 4.31. The Balaban J connectivity index is 1.92. The van der Waals surface area contributed by atoms with Crippen molar-refractivity contribution in [2.75, 3.05) is 19.1 Å². The van der Waals surface area contributed by atoms with Gasteiger partial charge in [-0.15, -0.1) is 0 Å². The Labute approximate surface area is 205 Å². The normalized spacial score (nSPS) is 17.5. The summed E-state index contributed by atoms with van der Waals surface area (Å²) in [4.78, 5) is 28.2. The monoisotopic (exact) mass is 471 g/mol. The van der Waals surface area contributed by atoms with Gasteiger partial charge in [0.1, 0.15) is 17.3 Å². The van der Waals surface area contributed by atoms with Crippen LogP contribution in [0.5, 0.6) is 11.5 Å². The van der Waals surface area contributed by atoms with Crippen LogP contribution in [0.25, 0.3) is 5.76 Å². The first-order valence-electron chi connectivity index (χ1n) is 11.4. The number of aliphatic hydroxyl groups is 1. The summed E-state index contributed by atoms with van der Waals surface area (Å²) in [5, 5.41) is 11.3. The zero-order valence-corrected chi connectivity index (χ0v) is 20.5. The SMILES string of the molecule is COc1ccc(C2/C(=C(\O)c3ccccc3OC)C(=O)C(=O)N2c2ccc(C(C)(C)C)cc2)cc1. The van der Waals surface area contributed by atoms with Gasteiger partial charge in [0.05, 0.1) is 31.4 Å². The molecule has 1 saturated heterocycles. The predicted molar refractivity (Wildman–Crippen MR) is 136 cm³/mol. The van der Waals surface area contributed by atoms with E-state index >= 15 is 0 Å². The number of para-hydroxylation sites is 1. The number of hydrogen-bond donors (Lipinski definition) is 1. The fraction of sp³-hybridized carbons (Fsp3) is 0.241. The highest BCUT2D eigenvalue weighted by molar-refractivity contribution is 6.51. The Morgan fingerprint density at radius 2 is 1.49 bits per heavy atom. The average Bonchev–Trinajstić information content (AvgIpc) is 3.13. The minimum absolute atomic E-state index is 0.00423. The lowest BCUT2D eigenvalue weighted by molar-refractivity contribution is -0.132. The summed E-state index contributed by atoms with van der Waals surface area (Å²) >= 11 is 0. The summed E-state index contributed by atoms with van der Waals surface area (Å²) in [5.41, 5.74) is 2.62. The van der Waals surface area contributed by atoms with Crippen molar-refractivity contribution in [2.45, 2.75) is 32.2 Å². The summed E-state index contributed by atoms with van der Waals surface area (Å²) in [6.07, 6.45) is 0. The van der Waals surface area contributed by atoms with E-state index in [1.807, 2.05) is 24.3 Å². The molecule has 1 atom stereocenters. The minimum atomic E-state index is -0.827. The number of benzene rings is 3. The predicted octanol–water partition coefficient (Wildman–Crippen LogP) is 5.63. The average molecular weight is 472 g/mol. The fourth-order valence-corrected chi connectivity index (χ4v) is 4.31. The molecule has 6 heteroatoms. The maximum absolute atomic E-state index is 13.4. The summed E-state index contributed by atoms with van der Waals surface area (Å²) in [5.74, 6) is -0.695. The van der Waals surface area contributed by atoms with Gasteiger partial charge < -0.3 is 14.6 Å². The van der Waals surface area contributed by atoms with Gasteiger partial charge in [-0.05, 0) is 52.9 Å². The molecule has 1 aliphatic rings. The molecule has 6 nitrogen and oxygen atoms in total. The van der Waals surface area contributed by atoms with E-state index in [1.54, 1.807) is 55.6 Å². The molecule has 0 bridgehead atoms. The van der Waals surface area contributed by atoms with E-state index in [0.717, 1.165) is 5.56 Å². The second kappa shape index (κ2) is 9.29. The number of ketones is 1. The zero-order valence-electron chi connectivity index (χ0n) is 20.5. The molecule has 1 aliphatic heterocycles. The first-order valence-corrected chi connectivity index (χ1v) is 11.4. The van der Waals surface area contributed by atoms with E-state index in [9.17, 15) is 14.7 Å². The molecule has 1 fully saturated rings. The van der Waals surface area contributed by atoms with Crippen LogP contribution in [0.1, 0.15) is 43.5 Å². The highest BCUT2D eigenvalue weighted by atomic mass is 16.5. The van der Waals surface area contributed by atoms with Gasteiger partial charge in [-0.2, -0.15) is 0 Å². The molecule has 1 heterocycles. The Bertz CT molecular complexity index is 1280. The van der Waals surface area contributed by atoms with Crippen LogP contribution in [0.4, 0.5) is 5.69 Å². The molecule has 180 valence electrons. The highest BCUT2D eigenvalue weighted by Crippen LogP contribution is 2.43. The Hall–Kier alpha value is -4.06. The van der Waals surface area contributed by atoms with Crippen LogP contribution < -0.4 is 14.4 Å². The number of ether oxygens (including phenoxy) is 2. The van der Waals surface area contributed by atoms with Gasteiger partial charge in [-0.3, -0.25) is 14.5 Å². The maximum atomic E-state index is 13.4. The second-order valence-electron chi connectivity index (χ2n) is 9.44. The Kier molecular flexibility index (Phi) is 6.39. The molecule has 3 aromatic carbocycles. The van der Waals surface area contributed by atoms with Crippen molar-refractivity contribution in [1.82, 2.24) is 0 Å². The molecule has 1 N–H and O–H groups in total. The third-order valence-electron chi connectivity index (χ3n) is 6.25. The van der Waals surface area contributed by atoms with Crippen LogP contribution in [0.15, 0.2) is 78.4 Å². The van der Waals surface area contributed by atoms with Crippen molar-refractivity contribution >= 4 is 23.1 Å². The number of amides is 1. The van der Waals surface area contributed by atoms with Gasteiger partial charge in [-0.25, -0.2) is 0 Å². The van der Waals surface area contributed by atoms with Crippen molar-refractivity contribution in [1.29, 1.82) is 0 Å². The number of methoxy groups -OCH3 is 2. The molecular formula is C29H29NO5. The third kappa shape index (κ3) is 4.39. The van der Waals surface area contributed by atoms with Gasteiger partial charge in [-0.1, -0.05) is 57.2 Å². The van der Waals surface area contributed by atoms with Gasteiger partial charge >= 0.3 is 0 Å². The van der Waals surface area contributed by atoms with Crippen molar-refractivity contribution in [3.63, 3.8) is 0 Å².